The van der Waals surface area contributed by atoms with Gasteiger partial charge in [-0.1, -0.05) is 41.4 Å². The van der Waals surface area contributed by atoms with E-state index in [9.17, 15) is 9.59 Å². The van der Waals surface area contributed by atoms with Crippen LogP contribution in [0.25, 0.3) is 0 Å². The lowest BCUT2D eigenvalue weighted by Gasteiger charge is -2.21. The standard InChI is InChI=1S/C18H18Cl2N2O2/c1-12-16(20)4-3-5-17(12)21-18(24)11-22(13(2)23)10-14-6-8-15(19)9-7-14/h3-9H,10-11H2,1-2H3,(H,21,24). The first kappa shape index (κ1) is 18.3. The van der Waals surface area contributed by atoms with Crippen molar-refractivity contribution < 1.29 is 9.59 Å². The zero-order chi connectivity index (χ0) is 17.7. The quantitative estimate of drug-likeness (QED) is 0.859. The van der Waals surface area contributed by atoms with E-state index in [1.54, 1.807) is 30.3 Å². The predicted octanol–water partition coefficient (Wildman–Crippen LogP) is 4.29. The molecule has 0 aliphatic rings. The molecule has 4 nitrogen and oxygen atoms in total. The topological polar surface area (TPSA) is 49.4 Å². The summed E-state index contributed by atoms with van der Waals surface area (Å²) in [5.74, 6) is -0.451. The monoisotopic (exact) mass is 364 g/mol. The zero-order valence-electron chi connectivity index (χ0n) is 13.5. The van der Waals surface area contributed by atoms with Crippen molar-refractivity contribution in [2.45, 2.75) is 20.4 Å². The molecular weight excluding hydrogens is 347 g/mol. The number of nitrogens with one attached hydrogen (secondary N) is 1. The van der Waals surface area contributed by atoms with Crippen molar-refractivity contribution in [3.63, 3.8) is 0 Å². The minimum Gasteiger partial charge on any atom is -0.329 e. The second-order valence-corrected chi connectivity index (χ2v) is 6.31. The Morgan fingerprint density at radius 1 is 1.08 bits per heavy atom. The number of rotatable bonds is 5. The Balaban J connectivity index is 2.04. The smallest absolute Gasteiger partial charge is 0.244 e. The largest absolute Gasteiger partial charge is 0.329 e. The van der Waals surface area contributed by atoms with Crippen LogP contribution in [0.2, 0.25) is 10.0 Å². The van der Waals surface area contributed by atoms with Crippen LogP contribution in [0.15, 0.2) is 42.5 Å². The number of benzene rings is 2. The van der Waals surface area contributed by atoms with Gasteiger partial charge in [-0.25, -0.2) is 0 Å². The highest BCUT2D eigenvalue weighted by Gasteiger charge is 2.15. The molecule has 1 N–H and O–H groups in total. The average Bonchev–Trinajstić information content (AvgIpc) is 2.53. The Kier molecular flexibility index (Phi) is 6.23. The van der Waals surface area contributed by atoms with Crippen molar-refractivity contribution in [1.29, 1.82) is 0 Å². The molecule has 0 fully saturated rings. The summed E-state index contributed by atoms with van der Waals surface area (Å²) in [6.07, 6.45) is 0. The van der Waals surface area contributed by atoms with Gasteiger partial charge >= 0.3 is 0 Å². The van der Waals surface area contributed by atoms with E-state index in [4.69, 9.17) is 23.2 Å². The molecule has 0 aliphatic heterocycles. The summed E-state index contributed by atoms with van der Waals surface area (Å²) in [4.78, 5) is 25.6. The summed E-state index contributed by atoms with van der Waals surface area (Å²) >= 11 is 11.9. The average molecular weight is 365 g/mol. The molecule has 0 heterocycles. The molecule has 0 saturated carbocycles. The van der Waals surface area contributed by atoms with Crippen molar-refractivity contribution >= 4 is 40.7 Å². The summed E-state index contributed by atoms with van der Waals surface area (Å²) in [6, 6.07) is 12.5. The Hall–Kier alpha value is -2.04. The van der Waals surface area contributed by atoms with Gasteiger partial charge in [0, 0.05) is 29.2 Å². The summed E-state index contributed by atoms with van der Waals surface area (Å²) in [5.41, 5.74) is 2.34. The van der Waals surface area contributed by atoms with E-state index < -0.39 is 0 Å². The van der Waals surface area contributed by atoms with E-state index in [2.05, 4.69) is 5.32 Å². The molecule has 0 atom stereocenters. The van der Waals surface area contributed by atoms with Gasteiger partial charge in [0.05, 0.1) is 0 Å². The highest BCUT2D eigenvalue weighted by Crippen LogP contribution is 2.22. The fourth-order valence-electron chi connectivity index (χ4n) is 2.19. The number of carbonyl (C=O) groups is 2. The van der Waals surface area contributed by atoms with Crippen molar-refractivity contribution in [3.8, 4) is 0 Å². The minimum atomic E-state index is -0.274. The molecule has 2 aromatic rings. The molecule has 2 aromatic carbocycles. The number of hydrogen-bond acceptors (Lipinski definition) is 2. The molecule has 0 saturated heterocycles. The molecule has 0 unspecified atom stereocenters. The first-order valence-corrected chi connectivity index (χ1v) is 8.17. The summed E-state index contributed by atoms with van der Waals surface area (Å²) in [5, 5.41) is 4.00. The molecule has 0 bridgehead atoms. The molecule has 0 radical (unpaired) electrons. The van der Waals surface area contributed by atoms with Gasteiger partial charge in [-0.2, -0.15) is 0 Å². The van der Waals surface area contributed by atoms with Gasteiger partial charge in [0.2, 0.25) is 11.8 Å². The third-order valence-electron chi connectivity index (χ3n) is 3.61. The van der Waals surface area contributed by atoms with Crippen LogP contribution >= 0.6 is 23.2 Å². The van der Waals surface area contributed by atoms with Gasteiger partial charge in [-0.05, 0) is 42.3 Å². The number of halogens is 2. The van der Waals surface area contributed by atoms with E-state index in [-0.39, 0.29) is 18.4 Å². The van der Waals surface area contributed by atoms with Crippen molar-refractivity contribution in [2.24, 2.45) is 0 Å². The van der Waals surface area contributed by atoms with Gasteiger partial charge in [-0.15, -0.1) is 0 Å². The first-order valence-electron chi connectivity index (χ1n) is 7.41. The molecule has 0 aliphatic carbocycles. The van der Waals surface area contributed by atoms with Crippen molar-refractivity contribution in [1.82, 2.24) is 4.90 Å². The van der Waals surface area contributed by atoms with Crippen LogP contribution in [0, 0.1) is 6.92 Å². The molecule has 6 heteroatoms. The number of nitrogens with zero attached hydrogens (tertiary/aromatic N) is 1. The van der Waals surface area contributed by atoms with Gasteiger partial charge in [0.15, 0.2) is 0 Å². The van der Waals surface area contributed by atoms with Crippen LogP contribution in [0.4, 0.5) is 5.69 Å². The van der Waals surface area contributed by atoms with Gasteiger partial charge < -0.3 is 10.2 Å². The third kappa shape index (κ3) is 4.98. The van der Waals surface area contributed by atoms with E-state index in [1.807, 2.05) is 19.1 Å². The second kappa shape index (κ2) is 8.18. The highest BCUT2D eigenvalue weighted by molar-refractivity contribution is 6.31. The number of anilines is 1. The Morgan fingerprint density at radius 3 is 2.38 bits per heavy atom. The molecule has 0 aromatic heterocycles. The molecule has 126 valence electrons. The molecule has 2 rings (SSSR count). The third-order valence-corrected chi connectivity index (χ3v) is 4.27. The van der Waals surface area contributed by atoms with Gasteiger partial charge in [0.25, 0.3) is 0 Å². The number of amides is 2. The van der Waals surface area contributed by atoms with Crippen LogP contribution in [-0.2, 0) is 16.1 Å². The van der Waals surface area contributed by atoms with Crippen LogP contribution < -0.4 is 5.32 Å². The minimum absolute atomic E-state index is 0.0378. The summed E-state index contributed by atoms with van der Waals surface area (Å²) in [7, 11) is 0. The van der Waals surface area contributed by atoms with E-state index in [0.29, 0.717) is 22.3 Å². The fourth-order valence-corrected chi connectivity index (χ4v) is 2.50. The number of carbonyl (C=O) groups excluding carboxylic acids is 2. The van der Waals surface area contributed by atoms with Crippen LogP contribution in [0.1, 0.15) is 18.1 Å². The Morgan fingerprint density at radius 2 is 1.75 bits per heavy atom. The summed E-state index contributed by atoms with van der Waals surface area (Å²) in [6.45, 7) is 3.57. The van der Waals surface area contributed by atoms with Gasteiger partial charge in [-0.3, -0.25) is 9.59 Å². The highest BCUT2D eigenvalue weighted by atomic mass is 35.5. The zero-order valence-corrected chi connectivity index (χ0v) is 15.0. The normalized spacial score (nSPS) is 10.3. The van der Waals surface area contributed by atoms with Crippen LogP contribution in [0.5, 0.6) is 0 Å². The summed E-state index contributed by atoms with van der Waals surface area (Å²) < 4.78 is 0. The number of hydrogen-bond donors (Lipinski definition) is 1. The Labute approximate surface area is 151 Å². The SMILES string of the molecule is CC(=O)N(CC(=O)Nc1cccc(Cl)c1C)Cc1ccc(Cl)cc1. The Bertz CT molecular complexity index is 745. The maximum Gasteiger partial charge on any atom is 0.244 e. The molecule has 0 spiro atoms. The second-order valence-electron chi connectivity index (χ2n) is 5.46. The molecular formula is C18H18Cl2N2O2. The maximum atomic E-state index is 12.3. The lowest BCUT2D eigenvalue weighted by Crippen LogP contribution is -2.36. The first-order chi connectivity index (χ1) is 11.4. The van der Waals surface area contributed by atoms with Crippen molar-refractivity contribution in [3.05, 3.63) is 63.6 Å². The maximum absolute atomic E-state index is 12.3. The molecule has 24 heavy (non-hydrogen) atoms. The predicted molar refractivity (Wildman–Crippen MR) is 97.4 cm³/mol. The van der Waals surface area contributed by atoms with Crippen molar-refractivity contribution in [2.75, 3.05) is 11.9 Å². The van der Waals surface area contributed by atoms with Crippen LogP contribution in [-0.4, -0.2) is 23.3 Å². The van der Waals surface area contributed by atoms with E-state index in [1.165, 1.54) is 11.8 Å². The van der Waals surface area contributed by atoms with E-state index >= 15 is 0 Å². The van der Waals surface area contributed by atoms with Gasteiger partial charge in [0.1, 0.15) is 6.54 Å². The van der Waals surface area contributed by atoms with E-state index in [0.717, 1.165) is 11.1 Å². The molecule has 2 amide bonds. The lowest BCUT2D eigenvalue weighted by atomic mass is 10.2. The lowest BCUT2D eigenvalue weighted by molar-refractivity contribution is -0.133. The fraction of sp³-hybridized carbons (Fsp3) is 0.222. The van der Waals surface area contributed by atoms with Crippen LogP contribution in [0.3, 0.4) is 0 Å².